The highest BCUT2D eigenvalue weighted by Crippen LogP contribution is 2.37. The molecule has 0 saturated carbocycles. The van der Waals surface area contributed by atoms with Gasteiger partial charge in [-0.1, -0.05) is 6.07 Å². The second kappa shape index (κ2) is 11.6. The second-order valence-electron chi connectivity index (χ2n) is 7.68. The predicted octanol–water partition coefficient (Wildman–Crippen LogP) is -0.548. The number of aromatic nitrogens is 5. The van der Waals surface area contributed by atoms with E-state index >= 15 is 0 Å². The van der Waals surface area contributed by atoms with Gasteiger partial charge in [-0.2, -0.15) is 5.10 Å². The number of urea groups is 1. The van der Waals surface area contributed by atoms with Crippen LogP contribution in [0.25, 0.3) is 11.4 Å². The lowest BCUT2D eigenvalue weighted by atomic mass is 10.1. The number of rotatable bonds is 10. The van der Waals surface area contributed by atoms with E-state index in [0.29, 0.717) is 36.0 Å². The number of hydrogen-bond acceptors (Lipinski definition) is 12. The first kappa shape index (κ1) is 27.2. The molecule has 0 aliphatic rings. The molecule has 2 aromatic heterocycles. The summed E-state index contributed by atoms with van der Waals surface area (Å²) in [6, 6.07) is 5.84. The Labute approximate surface area is 210 Å². The maximum Gasteiger partial charge on any atom is 0.369 e. The van der Waals surface area contributed by atoms with Gasteiger partial charge in [-0.3, -0.25) is 20.1 Å². The summed E-state index contributed by atoms with van der Waals surface area (Å²) < 4.78 is 12.0. The van der Waals surface area contributed by atoms with Gasteiger partial charge in [0.25, 0.3) is 5.91 Å². The molecule has 0 fully saturated rings. The Kier molecular flexibility index (Phi) is 8.51. The van der Waals surface area contributed by atoms with Crippen molar-refractivity contribution in [1.29, 1.82) is 0 Å². The summed E-state index contributed by atoms with van der Waals surface area (Å²) in [5, 5.41) is 46.5. The molecule has 0 radical (unpaired) electrons. The van der Waals surface area contributed by atoms with Crippen LogP contribution in [-0.4, -0.2) is 97.6 Å². The fraction of sp³-hybridized carbons (Fsp3) is 0.333. The van der Waals surface area contributed by atoms with E-state index in [9.17, 15) is 24.9 Å². The average molecular weight is 518 g/mol. The van der Waals surface area contributed by atoms with Crippen molar-refractivity contribution in [2.24, 2.45) is 7.05 Å². The van der Waals surface area contributed by atoms with E-state index in [4.69, 9.17) is 9.47 Å². The number of para-hydroxylation sites is 1. The lowest BCUT2D eigenvalue weighted by molar-refractivity contribution is -0.323. The number of ether oxygens (including phenoxy) is 2. The molecule has 37 heavy (non-hydrogen) atoms. The number of aliphatic hydroxyl groups is 3. The van der Waals surface area contributed by atoms with Crippen LogP contribution in [-0.2, 0) is 11.8 Å². The van der Waals surface area contributed by atoms with Gasteiger partial charge in [0.15, 0.2) is 23.1 Å². The van der Waals surface area contributed by atoms with Gasteiger partial charge in [0.1, 0.15) is 6.33 Å². The number of hydrogen-bond donors (Lipinski definition) is 6. The summed E-state index contributed by atoms with van der Waals surface area (Å²) in [7, 11) is 6.20. The van der Waals surface area contributed by atoms with Gasteiger partial charge in [0.05, 0.1) is 30.7 Å². The van der Waals surface area contributed by atoms with Crippen LogP contribution in [0.3, 0.4) is 0 Å². The molecule has 0 aliphatic heterocycles. The van der Waals surface area contributed by atoms with Crippen LogP contribution in [0.2, 0.25) is 0 Å². The maximum atomic E-state index is 12.6. The minimum Gasteiger partial charge on any atom is -0.494 e. The largest absolute Gasteiger partial charge is 0.494 e. The normalized spacial score (nSPS) is 11.1. The van der Waals surface area contributed by atoms with E-state index < -0.39 is 23.7 Å². The highest BCUT2D eigenvalue weighted by molar-refractivity contribution is 5.99. The Bertz CT molecular complexity index is 1260. The molecule has 1 aromatic carbocycles. The quantitative estimate of drug-likeness (QED) is 0.187. The van der Waals surface area contributed by atoms with Crippen molar-refractivity contribution in [3.8, 4) is 17.1 Å². The number of anilines is 3. The van der Waals surface area contributed by atoms with Crippen molar-refractivity contribution in [3.05, 3.63) is 36.3 Å². The molecule has 3 rings (SSSR count). The molecule has 3 amide bonds. The zero-order valence-electron chi connectivity index (χ0n) is 20.5. The number of aryl methyl sites for hydroxylation is 1. The van der Waals surface area contributed by atoms with Gasteiger partial charge in [0, 0.05) is 33.8 Å². The number of nitrogens with zero attached hydrogens (tertiary/aromatic N) is 6. The molecule has 0 aliphatic carbocycles. The van der Waals surface area contributed by atoms with Gasteiger partial charge in [-0.05, 0) is 12.1 Å². The van der Waals surface area contributed by atoms with Crippen LogP contribution in [0, 0.1) is 0 Å². The molecular weight excluding hydrogens is 490 g/mol. The van der Waals surface area contributed by atoms with Crippen molar-refractivity contribution in [2.75, 3.05) is 45.1 Å². The molecule has 0 atom stereocenters. The van der Waals surface area contributed by atoms with Crippen molar-refractivity contribution in [3.63, 3.8) is 0 Å². The van der Waals surface area contributed by atoms with Gasteiger partial charge in [-0.15, -0.1) is 10.2 Å². The topological polar surface area (TPSA) is 209 Å². The molecule has 16 nitrogen and oxygen atoms in total. The van der Waals surface area contributed by atoms with Crippen LogP contribution in [0.15, 0.2) is 30.6 Å². The van der Waals surface area contributed by atoms with E-state index in [0.717, 1.165) is 0 Å². The summed E-state index contributed by atoms with van der Waals surface area (Å²) in [4.78, 5) is 30.6. The number of nitrogens with one attached hydrogen (secondary N) is 3. The maximum absolute atomic E-state index is 12.6. The smallest absolute Gasteiger partial charge is 0.369 e. The minimum absolute atomic E-state index is 0.0176. The number of benzene rings is 1. The third-order valence-corrected chi connectivity index (χ3v) is 4.83. The van der Waals surface area contributed by atoms with Gasteiger partial charge >= 0.3 is 12.1 Å². The molecule has 6 N–H and O–H groups in total. The van der Waals surface area contributed by atoms with Crippen molar-refractivity contribution >= 4 is 29.1 Å². The van der Waals surface area contributed by atoms with Crippen LogP contribution in [0.5, 0.6) is 5.75 Å². The molecular formula is C21H27N9O7. The Morgan fingerprint density at radius 1 is 1.16 bits per heavy atom. The predicted molar refractivity (Wildman–Crippen MR) is 129 cm³/mol. The lowest BCUT2D eigenvalue weighted by Gasteiger charge is -2.19. The van der Waals surface area contributed by atoms with Gasteiger partial charge in [-0.25, -0.2) is 9.78 Å². The molecule has 0 unspecified atom stereocenters. The number of methoxy groups -OCH3 is 2. The van der Waals surface area contributed by atoms with Crippen LogP contribution in [0.4, 0.5) is 22.0 Å². The fourth-order valence-corrected chi connectivity index (χ4v) is 3.10. The number of amides is 3. The first-order valence-corrected chi connectivity index (χ1v) is 10.7. The fourth-order valence-electron chi connectivity index (χ4n) is 3.10. The molecule has 3 aromatic rings. The van der Waals surface area contributed by atoms with Gasteiger partial charge in [0.2, 0.25) is 0 Å². The van der Waals surface area contributed by atoms with Crippen molar-refractivity contribution in [2.45, 2.75) is 6.10 Å². The first-order valence-electron chi connectivity index (χ1n) is 10.7. The third kappa shape index (κ3) is 7.07. The van der Waals surface area contributed by atoms with Crippen LogP contribution in [0.1, 0.15) is 10.5 Å². The summed E-state index contributed by atoms with van der Waals surface area (Å²) >= 11 is 0. The summed E-state index contributed by atoms with van der Waals surface area (Å²) in [6.45, 7) is 0.618. The lowest BCUT2D eigenvalue weighted by Crippen LogP contribution is -2.48. The second-order valence-corrected chi connectivity index (χ2v) is 7.68. The highest BCUT2D eigenvalue weighted by Gasteiger charge is 2.27. The summed E-state index contributed by atoms with van der Waals surface area (Å²) in [5.41, 5.74) is 0.438. The average Bonchev–Trinajstić information content (AvgIpc) is 3.27. The van der Waals surface area contributed by atoms with E-state index in [2.05, 4.69) is 30.9 Å². The molecule has 0 saturated heterocycles. The van der Waals surface area contributed by atoms with E-state index in [-0.39, 0.29) is 11.5 Å². The molecule has 0 spiro atoms. The number of carbonyl (C=O) groups excluding carboxylic acids is 2. The molecule has 0 bridgehead atoms. The molecule has 198 valence electrons. The Morgan fingerprint density at radius 2 is 1.92 bits per heavy atom. The zero-order valence-corrected chi connectivity index (χ0v) is 20.5. The van der Waals surface area contributed by atoms with E-state index in [1.54, 1.807) is 37.6 Å². The summed E-state index contributed by atoms with van der Waals surface area (Å²) in [6.07, 6.45) is -1.98. The standard InChI is InChI=1S/C21H27N9O7/c1-29(8-9-36-3)20(32)24-15-10-14(16(27-26-15)19(31)25-21(33,34)35)23-13-7-5-6-12(17(13)37-4)18-22-11-30(2)28-18/h5-7,10-11,33-35H,8-9H2,1-4H3,(H,25,31)(H2,23,24,26,32). The van der Waals surface area contributed by atoms with E-state index in [1.807, 2.05) is 0 Å². The monoisotopic (exact) mass is 517 g/mol. The van der Waals surface area contributed by atoms with E-state index in [1.165, 1.54) is 36.2 Å². The van der Waals surface area contributed by atoms with Crippen LogP contribution >= 0.6 is 0 Å². The number of likely N-dealkylation sites (N-methyl/N-ethyl adjacent to an activating group) is 1. The SMILES string of the molecule is COCCN(C)C(=O)Nc1cc(Nc2cccc(-c3ncn(C)n3)c2OC)c(C(=O)NC(O)(O)O)nn1. The van der Waals surface area contributed by atoms with Crippen molar-refractivity contribution in [1.82, 2.24) is 35.2 Å². The van der Waals surface area contributed by atoms with Crippen LogP contribution < -0.4 is 20.7 Å². The highest BCUT2D eigenvalue weighted by atomic mass is 16.7. The van der Waals surface area contributed by atoms with Gasteiger partial charge < -0.3 is 35.0 Å². The summed E-state index contributed by atoms with van der Waals surface area (Å²) in [5.74, 6) is -0.508. The Hall–Kier alpha value is -4.38. The first-order chi connectivity index (χ1) is 17.5. The Balaban J connectivity index is 2.00. The molecule has 2 heterocycles. The minimum atomic E-state index is -3.50. The van der Waals surface area contributed by atoms with Crippen molar-refractivity contribution < 1.29 is 34.4 Å². The molecule has 16 heteroatoms. The zero-order chi connectivity index (χ0) is 27.2. The Morgan fingerprint density at radius 3 is 2.54 bits per heavy atom. The number of carbonyl (C=O) groups is 2. The third-order valence-electron chi connectivity index (χ3n) is 4.83.